The smallest absolute Gasteiger partial charge is 0.257 e. The van der Waals surface area contributed by atoms with E-state index in [0.29, 0.717) is 6.07 Å². The largest absolute Gasteiger partial charge is 0.328 e. The lowest BCUT2D eigenvalue weighted by Gasteiger charge is -2.05. The number of pyridine rings is 1. The van der Waals surface area contributed by atoms with Gasteiger partial charge >= 0.3 is 0 Å². The van der Waals surface area contributed by atoms with Crippen LogP contribution in [0.4, 0.5) is 14.5 Å². The number of carbonyl (C=O) groups is 1. The molecule has 0 atom stereocenters. The van der Waals surface area contributed by atoms with Gasteiger partial charge in [0.15, 0.2) is 0 Å². The van der Waals surface area contributed by atoms with Crippen LogP contribution >= 0.6 is 0 Å². The van der Waals surface area contributed by atoms with Gasteiger partial charge in [-0.05, 0) is 18.2 Å². The van der Waals surface area contributed by atoms with Crippen LogP contribution in [-0.2, 0) is 0 Å². The van der Waals surface area contributed by atoms with Gasteiger partial charge < -0.3 is 10.3 Å². The van der Waals surface area contributed by atoms with Gasteiger partial charge in [0, 0.05) is 24.0 Å². The fourth-order valence-corrected chi connectivity index (χ4v) is 1.38. The van der Waals surface area contributed by atoms with Crippen LogP contribution in [0, 0.1) is 11.6 Å². The molecule has 0 spiro atoms. The van der Waals surface area contributed by atoms with Crippen LogP contribution in [0.15, 0.2) is 41.3 Å². The fraction of sp³-hybridized carbons (Fsp3) is 0. The zero-order valence-electron chi connectivity index (χ0n) is 9.04. The van der Waals surface area contributed by atoms with E-state index in [1.165, 1.54) is 18.3 Å². The Bertz CT molecular complexity index is 612. The number of amides is 1. The Kier molecular flexibility index (Phi) is 3.18. The standard InChI is InChI=1S/C12H8F2N2O2/c13-8-3-9(14)5-10(4-8)16-12(18)7-1-2-11(17)15-6-7/h1-6H,(H,15,17)(H,16,18). The van der Waals surface area contributed by atoms with E-state index in [9.17, 15) is 18.4 Å². The van der Waals surface area contributed by atoms with Crippen molar-refractivity contribution in [1.82, 2.24) is 4.98 Å². The van der Waals surface area contributed by atoms with Crippen LogP contribution < -0.4 is 10.9 Å². The van der Waals surface area contributed by atoms with Crippen LogP contribution in [0.3, 0.4) is 0 Å². The normalized spacial score (nSPS) is 10.1. The number of aromatic nitrogens is 1. The van der Waals surface area contributed by atoms with Crippen molar-refractivity contribution in [2.24, 2.45) is 0 Å². The summed E-state index contributed by atoms with van der Waals surface area (Å²) in [6.45, 7) is 0. The van der Waals surface area contributed by atoms with Gasteiger partial charge in [-0.3, -0.25) is 9.59 Å². The number of aromatic amines is 1. The molecule has 0 saturated carbocycles. The molecular formula is C12H8F2N2O2. The number of rotatable bonds is 2. The summed E-state index contributed by atoms with van der Waals surface area (Å²) in [5, 5.41) is 2.32. The molecule has 0 unspecified atom stereocenters. The lowest BCUT2D eigenvalue weighted by molar-refractivity contribution is 0.102. The van der Waals surface area contributed by atoms with Gasteiger partial charge in [0.25, 0.3) is 5.91 Å². The predicted octanol–water partition coefficient (Wildman–Crippen LogP) is 1.91. The molecule has 1 heterocycles. The van der Waals surface area contributed by atoms with Gasteiger partial charge in [0.05, 0.1) is 5.56 Å². The van der Waals surface area contributed by atoms with Gasteiger partial charge in [-0.1, -0.05) is 0 Å². The average Bonchev–Trinajstić information content (AvgIpc) is 2.28. The van der Waals surface area contributed by atoms with Crippen LogP contribution in [0.5, 0.6) is 0 Å². The number of anilines is 1. The molecular weight excluding hydrogens is 242 g/mol. The first-order valence-electron chi connectivity index (χ1n) is 5.01. The predicted molar refractivity (Wildman–Crippen MR) is 61.4 cm³/mol. The van der Waals surface area contributed by atoms with Crippen molar-refractivity contribution in [3.05, 3.63) is 64.1 Å². The molecule has 0 aliphatic heterocycles. The summed E-state index contributed by atoms with van der Waals surface area (Å²) in [4.78, 5) is 24.8. The number of benzene rings is 1. The second kappa shape index (κ2) is 4.79. The second-order valence-electron chi connectivity index (χ2n) is 3.55. The molecule has 1 aromatic heterocycles. The molecule has 6 heteroatoms. The minimum Gasteiger partial charge on any atom is -0.328 e. The van der Waals surface area contributed by atoms with E-state index in [0.717, 1.165) is 12.1 Å². The zero-order chi connectivity index (χ0) is 13.1. The number of halogens is 2. The molecule has 0 radical (unpaired) electrons. The van der Waals surface area contributed by atoms with Gasteiger partial charge in [-0.2, -0.15) is 0 Å². The second-order valence-corrected chi connectivity index (χ2v) is 3.55. The fourth-order valence-electron chi connectivity index (χ4n) is 1.38. The maximum Gasteiger partial charge on any atom is 0.257 e. The van der Waals surface area contributed by atoms with E-state index >= 15 is 0 Å². The molecule has 18 heavy (non-hydrogen) atoms. The molecule has 0 aliphatic carbocycles. The maximum atomic E-state index is 12.9. The Morgan fingerprint density at radius 1 is 1.11 bits per heavy atom. The highest BCUT2D eigenvalue weighted by Crippen LogP contribution is 2.13. The van der Waals surface area contributed by atoms with Crippen LogP contribution in [-0.4, -0.2) is 10.9 Å². The molecule has 2 N–H and O–H groups in total. The highest BCUT2D eigenvalue weighted by Gasteiger charge is 2.07. The summed E-state index contributed by atoms with van der Waals surface area (Å²) >= 11 is 0. The molecule has 4 nitrogen and oxygen atoms in total. The van der Waals surface area contributed by atoms with Gasteiger partial charge in [-0.15, -0.1) is 0 Å². The quantitative estimate of drug-likeness (QED) is 0.855. The third-order valence-corrected chi connectivity index (χ3v) is 2.17. The molecule has 0 aliphatic rings. The number of nitrogens with one attached hydrogen (secondary N) is 2. The summed E-state index contributed by atoms with van der Waals surface area (Å²) in [6, 6.07) is 5.18. The summed E-state index contributed by atoms with van der Waals surface area (Å²) in [5.41, 5.74) is -0.161. The Balaban J connectivity index is 2.21. The van der Waals surface area contributed by atoms with Gasteiger partial charge in [-0.25, -0.2) is 8.78 Å². The van der Waals surface area contributed by atoms with Crippen molar-refractivity contribution in [3.8, 4) is 0 Å². The number of hydrogen-bond donors (Lipinski definition) is 2. The van der Waals surface area contributed by atoms with Crippen molar-refractivity contribution in [2.45, 2.75) is 0 Å². The Labute approximate surface area is 100 Å². The molecule has 0 saturated heterocycles. The van der Waals surface area contributed by atoms with Crippen molar-refractivity contribution >= 4 is 11.6 Å². The molecule has 1 aromatic carbocycles. The van der Waals surface area contributed by atoms with E-state index in [1.54, 1.807) is 0 Å². The van der Waals surface area contributed by atoms with Crippen molar-refractivity contribution < 1.29 is 13.6 Å². The van der Waals surface area contributed by atoms with E-state index in [4.69, 9.17) is 0 Å². The lowest BCUT2D eigenvalue weighted by atomic mass is 10.2. The molecule has 2 rings (SSSR count). The number of carbonyl (C=O) groups excluding carboxylic acids is 1. The lowest BCUT2D eigenvalue weighted by Crippen LogP contribution is -2.14. The first-order chi connectivity index (χ1) is 8.54. The average molecular weight is 250 g/mol. The molecule has 92 valence electrons. The summed E-state index contributed by atoms with van der Waals surface area (Å²) in [7, 11) is 0. The van der Waals surface area contributed by atoms with E-state index in [2.05, 4.69) is 10.3 Å². The van der Waals surface area contributed by atoms with E-state index in [1.807, 2.05) is 0 Å². The minimum absolute atomic E-state index is 0.00343. The third-order valence-electron chi connectivity index (χ3n) is 2.17. The minimum atomic E-state index is -0.785. The van der Waals surface area contributed by atoms with Crippen LogP contribution in [0.1, 0.15) is 10.4 Å². The Morgan fingerprint density at radius 3 is 2.33 bits per heavy atom. The molecule has 1 amide bonds. The first kappa shape index (κ1) is 12.0. The van der Waals surface area contributed by atoms with Crippen LogP contribution in [0.25, 0.3) is 0 Å². The monoisotopic (exact) mass is 250 g/mol. The zero-order valence-corrected chi connectivity index (χ0v) is 9.04. The highest BCUT2D eigenvalue weighted by atomic mass is 19.1. The first-order valence-corrected chi connectivity index (χ1v) is 5.01. The number of hydrogen-bond acceptors (Lipinski definition) is 2. The van der Waals surface area contributed by atoms with Crippen molar-refractivity contribution in [3.63, 3.8) is 0 Å². The molecule has 0 fully saturated rings. The van der Waals surface area contributed by atoms with Gasteiger partial charge in [0.1, 0.15) is 11.6 Å². The summed E-state index contributed by atoms with van der Waals surface area (Å²) in [6.07, 6.45) is 1.22. The third kappa shape index (κ3) is 2.79. The van der Waals surface area contributed by atoms with Gasteiger partial charge in [0.2, 0.25) is 5.56 Å². The Hall–Kier alpha value is -2.50. The molecule has 2 aromatic rings. The molecule has 0 bridgehead atoms. The Morgan fingerprint density at radius 2 is 1.78 bits per heavy atom. The highest BCUT2D eigenvalue weighted by molar-refractivity contribution is 6.03. The van der Waals surface area contributed by atoms with Crippen molar-refractivity contribution in [1.29, 1.82) is 0 Å². The van der Waals surface area contributed by atoms with E-state index in [-0.39, 0.29) is 16.8 Å². The number of H-pyrrole nitrogens is 1. The van der Waals surface area contributed by atoms with E-state index < -0.39 is 17.5 Å². The maximum absolute atomic E-state index is 12.9. The van der Waals surface area contributed by atoms with Crippen LogP contribution in [0.2, 0.25) is 0 Å². The SMILES string of the molecule is O=C(Nc1cc(F)cc(F)c1)c1ccc(=O)[nH]c1. The van der Waals surface area contributed by atoms with Crippen molar-refractivity contribution in [2.75, 3.05) is 5.32 Å². The topological polar surface area (TPSA) is 62.0 Å². The summed E-state index contributed by atoms with van der Waals surface area (Å²) < 4.78 is 25.8. The summed E-state index contributed by atoms with van der Waals surface area (Å²) in [5.74, 6) is -2.14.